The molecule has 1 amide bonds. The highest BCUT2D eigenvalue weighted by atomic mass is 79.9. The van der Waals surface area contributed by atoms with Gasteiger partial charge >= 0.3 is 6.09 Å². The first kappa shape index (κ1) is 10.4. The maximum absolute atomic E-state index is 13.6. The average Bonchev–Trinajstić information content (AvgIpc) is 2.19. The third kappa shape index (κ3) is 1.84. The van der Waals surface area contributed by atoms with Crippen LogP contribution in [0.15, 0.2) is 22.7 Å². The minimum atomic E-state index is -1.23. The van der Waals surface area contributed by atoms with Crippen LogP contribution in [0, 0.1) is 0 Å². The molecular weight excluding hydrogens is 265 g/mol. The highest BCUT2D eigenvalue weighted by molar-refractivity contribution is 9.10. The van der Waals surface area contributed by atoms with Gasteiger partial charge in [0.05, 0.1) is 13.1 Å². The Morgan fingerprint density at radius 3 is 3.00 bits per heavy atom. The van der Waals surface area contributed by atoms with E-state index < -0.39 is 12.3 Å². The largest absolute Gasteiger partial charge is 0.465 e. The molecule has 0 saturated heterocycles. The van der Waals surface area contributed by atoms with Gasteiger partial charge in [0, 0.05) is 4.47 Å². The van der Waals surface area contributed by atoms with Gasteiger partial charge in [0.1, 0.15) is 6.17 Å². The number of alkyl halides is 1. The lowest BCUT2D eigenvalue weighted by Crippen LogP contribution is -2.36. The highest BCUT2D eigenvalue weighted by Gasteiger charge is 2.28. The second-order valence-electron chi connectivity index (χ2n) is 3.44. The van der Waals surface area contributed by atoms with Crippen LogP contribution in [0.1, 0.15) is 17.3 Å². The van der Waals surface area contributed by atoms with Crippen molar-refractivity contribution in [3.05, 3.63) is 33.8 Å². The Morgan fingerprint density at radius 2 is 2.33 bits per heavy atom. The fraction of sp³-hybridized carbons (Fsp3) is 0.300. The van der Waals surface area contributed by atoms with E-state index in [2.05, 4.69) is 15.9 Å². The molecule has 1 aliphatic heterocycles. The van der Waals surface area contributed by atoms with Crippen molar-refractivity contribution in [3.63, 3.8) is 0 Å². The third-order valence-electron chi connectivity index (χ3n) is 2.49. The summed E-state index contributed by atoms with van der Waals surface area (Å²) >= 11 is 3.30. The molecule has 15 heavy (non-hydrogen) atoms. The molecular formula is C10H9BrFNO2. The highest BCUT2D eigenvalue weighted by Crippen LogP contribution is 2.33. The van der Waals surface area contributed by atoms with Gasteiger partial charge in [0.25, 0.3) is 0 Å². The lowest BCUT2D eigenvalue weighted by Gasteiger charge is -2.29. The second kappa shape index (κ2) is 3.81. The Kier molecular flexibility index (Phi) is 2.65. The molecule has 2 rings (SSSR count). The molecule has 1 heterocycles. The molecule has 1 unspecified atom stereocenters. The summed E-state index contributed by atoms with van der Waals surface area (Å²) in [5, 5.41) is 8.82. The molecule has 0 saturated carbocycles. The van der Waals surface area contributed by atoms with Crippen molar-refractivity contribution >= 4 is 22.0 Å². The fourth-order valence-corrected chi connectivity index (χ4v) is 2.24. The van der Waals surface area contributed by atoms with Crippen molar-refractivity contribution in [1.82, 2.24) is 4.90 Å². The van der Waals surface area contributed by atoms with E-state index in [0.717, 1.165) is 14.9 Å². The summed E-state index contributed by atoms with van der Waals surface area (Å²) in [5.41, 5.74) is 1.31. The van der Waals surface area contributed by atoms with Crippen LogP contribution in [0.3, 0.4) is 0 Å². The fourth-order valence-electron chi connectivity index (χ4n) is 1.73. The van der Waals surface area contributed by atoms with Crippen LogP contribution in [-0.2, 0) is 6.54 Å². The third-order valence-corrected chi connectivity index (χ3v) is 3.24. The van der Waals surface area contributed by atoms with E-state index in [1.165, 1.54) is 0 Å². The second-order valence-corrected chi connectivity index (χ2v) is 4.29. The van der Waals surface area contributed by atoms with Gasteiger partial charge in [-0.2, -0.15) is 0 Å². The number of rotatable bonds is 0. The Morgan fingerprint density at radius 1 is 1.60 bits per heavy atom. The Labute approximate surface area is 94.6 Å². The minimum Gasteiger partial charge on any atom is -0.465 e. The summed E-state index contributed by atoms with van der Waals surface area (Å²) < 4.78 is 14.4. The Bertz CT molecular complexity index is 410. The summed E-state index contributed by atoms with van der Waals surface area (Å²) in [4.78, 5) is 11.8. The van der Waals surface area contributed by atoms with Crippen LogP contribution >= 0.6 is 15.9 Å². The zero-order valence-corrected chi connectivity index (χ0v) is 9.37. The predicted molar refractivity (Wildman–Crippen MR) is 56.4 cm³/mol. The van der Waals surface area contributed by atoms with Gasteiger partial charge < -0.3 is 10.0 Å². The predicted octanol–water partition coefficient (Wildman–Crippen LogP) is 2.95. The number of hydrogen-bond donors (Lipinski definition) is 1. The van der Waals surface area contributed by atoms with Crippen LogP contribution in [0.25, 0.3) is 0 Å². The molecule has 0 radical (unpaired) electrons. The van der Waals surface area contributed by atoms with E-state index in [4.69, 9.17) is 5.11 Å². The van der Waals surface area contributed by atoms with Crippen molar-refractivity contribution in [2.24, 2.45) is 0 Å². The zero-order valence-electron chi connectivity index (χ0n) is 7.78. The lowest BCUT2D eigenvalue weighted by molar-refractivity contribution is 0.117. The van der Waals surface area contributed by atoms with Gasteiger partial charge in [-0.25, -0.2) is 9.18 Å². The number of carboxylic acid groups (broad SMARTS) is 1. The maximum Gasteiger partial charge on any atom is 0.407 e. The van der Waals surface area contributed by atoms with E-state index in [0.29, 0.717) is 5.56 Å². The topological polar surface area (TPSA) is 40.5 Å². The molecule has 0 spiro atoms. The number of amides is 1. The van der Waals surface area contributed by atoms with Crippen LogP contribution in [-0.4, -0.2) is 22.6 Å². The molecule has 1 aromatic carbocycles. The quantitative estimate of drug-likeness (QED) is 0.790. The summed E-state index contributed by atoms with van der Waals surface area (Å²) in [5.74, 6) is 0. The van der Waals surface area contributed by atoms with Crippen LogP contribution in [0.2, 0.25) is 0 Å². The van der Waals surface area contributed by atoms with Crippen LogP contribution in [0.4, 0.5) is 9.18 Å². The molecule has 5 heteroatoms. The zero-order chi connectivity index (χ0) is 11.0. The van der Waals surface area contributed by atoms with E-state index >= 15 is 0 Å². The number of hydrogen-bond acceptors (Lipinski definition) is 1. The van der Waals surface area contributed by atoms with Crippen molar-refractivity contribution in [2.75, 3.05) is 6.54 Å². The maximum atomic E-state index is 13.6. The molecule has 80 valence electrons. The Balaban J connectivity index is 2.41. The van der Waals surface area contributed by atoms with E-state index in [-0.39, 0.29) is 13.1 Å². The molecule has 3 nitrogen and oxygen atoms in total. The van der Waals surface area contributed by atoms with Crippen LogP contribution < -0.4 is 0 Å². The van der Waals surface area contributed by atoms with Gasteiger partial charge in [0.15, 0.2) is 0 Å². The molecule has 1 N–H and O–H groups in total. The molecule has 1 aliphatic rings. The van der Waals surface area contributed by atoms with Crippen molar-refractivity contribution in [1.29, 1.82) is 0 Å². The van der Waals surface area contributed by atoms with Crippen LogP contribution in [0.5, 0.6) is 0 Å². The van der Waals surface area contributed by atoms with Gasteiger partial charge in [-0.1, -0.05) is 28.1 Å². The van der Waals surface area contributed by atoms with Crippen molar-refractivity contribution in [2.45, 2.75) is 12.7 Å². The molecule has 0 bridgehead atoms. The van der Waals surface area contributed by atoms with E-state index in [1.54, 1.807) is 18.2 Å². The molecule has 1 aromatic rings. The SMILES string of the molecule is O=C(O)N1Cc2c(Br)cccc2C(F)C1. The van der Waals surface area contributed by atoms with Gasteiger partial charge in [-0.15, -0.1) is 0 Å². The number of halogens is 2. The first-order valence-corrected chi connectivity index (χ1v) is 5.28. The van der Waals surface area contributed by atoms with Gasteiger partial charge in [-0.05, 0) is 17.2 Å². The monoisotopic (exact) mass is 273 g/mol. The standard InChI is InChI=1S/C10H9BrFNO2/c11-8-3-1-2-6-7(8)4-13(10(14)15)5-9(6)12/h1-3,9H,4-5H2,(H,14,15). The average molecular weight is 274 g/mol. The van der Waals surface area contributed by atoms with E-state index in [1.807, 2.05) is 0 Å². The number of nitrogens with zero attached hydrogens (tertiary/aromatic N) is 1. The molecule has 0 aromatic heterocycles. The molecule has 1 atom stereocenters. The minimum absolute atomic E-state index is 0.0845. The molecule has 0 fully saturated rings. The first-order chi connectivity index (χ1) is 7.09. The Hall–Kier alpha value is -1.10. The number of fused-ring (bicyclic) bond motifs is 1. The van der Waals surface area contributed by atoms with E-state index in [9.17, 15) is 9.18 Å². The van der Waals surface area contributed by atoms with Gasteiger partial charge in [-0.3, -0.25) is 0 Å². The van der Waals surface area contributed by atoms with Crippen molar-refractivity contribution in [3.8, 4) is 0 Å². The smallest absolute Gasteiger partial charge is 0.407 e. The molecule has 0 aliphatic carbocycles. The summed E-state index contributed by atoms with van der Waals surface area (Å²) in [6, 6.07) is 5.24. The normalized spacial score (nSPS) is 19.9. The summed E-state index contributed by atoms with van der Waals surface area (Å²) in [6.07, 6.45) is -2.32. The first-order valence-electron chi connectivity index (χ1n) is 4.49. The summed E-state index contributed by atoms with van der Waals surface area (Å²) in [7, 11) is 0. The number of carbonyl (C=O) groups is 1. The number of benzene rings is 1. The summed E-state index contributed by atoms with van der Waals surface area (Å²) in [6.45, 7) is 0.158. The van der Waals surface area contributed by atoms with Gasteiger partial charge in [0.2, 0.25) is 0 Å². The lowest BCUT2D eigenvalue weighted by atomic mass is 9.99. The van der Waals surface area contributed by atoms with Crippen molar-refractivity contribution < 1.29 is 14.3 Å².